The van der Waals surface area contributed by atoms with Gasteiger partial charge in [-0.05, 0) is 36.8 Å². The zero-order valence-electron chi connectivity index (χ0n) is 11.0. The van der Waals surface area contributed by atoms with E-state index in [1.165, 1.54) is 12.1 Å². The molecular weight excluding hydrogens is 347 g/mol. The third-order valence-corrected chi connectivity index (χ3v) is 3.42. The predicted molar refractivity (Wildman–Crippen MR) is 78.3 cm³/mol. The van der Waals surface area contributed by atoms with Gasteiger partial charge in [0.2, 0.25) is 0 Å². The highest BCUT2D eigenvalue weighted by molar-refractivity contribution is 9.10. The Labute approximate surface area is 128 Å². The monoisotopic (exact) mass is 357 g/mol. The molecule has 0 spiro atoms. The van der Waals surface area contributed by atoms with Crippen molar-refractivity contribution in [2.24, 2.45) is 0 Å². The number of nitrogens with one attached hydrogen (secondary N) is 1. The lowest BCUT2D eigenvalue weighted by atomic mass is 10.1. The van der Waals surface area contributed by atoms with Crippen LogP contribution in [0, 0.1) is 6.92 Å². The van der Waals surface area contributed by atoms with E-state index in [1.807, 2.05) is 0 Å². The molecular formula is C15H11BrF3NO. The summed E-state index contributed by atoms with van der Waals surface area (Å²) in [6.07, 6.45) is -4.57. The molecule has 2 rings (SSSR count). The fraction of sp³-hybridized carbons (Fsp3) is 0.133. The highest BCUT2D eigenvalue weighted by atomic mass is 79.9. The number of anilines is 1. The molecule has 0 radical (unpaired) electrons. The average molecular weight is 358 g/mol. The van der Waals surface area contributed by atoms with E-state index in [4.69, 9.17) is 0 Å². The zero-order chi connectivity index (χ0) is 15.6. The molecule has 0 unspecified atom stereocenters. The van der Waals surface area contributed by atoms with Gasteiger partial charge in [-0.1, -0.05) is 34.1 Å². The normalized spacial score (nSPS) is 11.3. The molecule has 0 aliphatic carbocycles. The first-order valence-corrected chi connectivity index (χ1v) is 6.82. The van der Waals surface area contributed by atoms with E-state index in [-0.39, 0.29) is 0 Å². The molecule has 0 heterocycles. The molecule has 0 fully saturated rings. The second-order valence-electron chi connectivity index (χ2n) is 4.46. The maximum atomic E-state index is 12.9. The second kappa shape index (κ2) is 5.89. The van der Waals surface area contributed by atoms with Crippen molar-refractivity contribution in [1.29, 1.82) is 0 Å². The maximum Gasteiger partial charge on any atom is 0.417 e. The Hall–Kier alpha value is -1.82. The molecule has 110 valence electrons. The van der Waals surface area contributed by atoms with E-state index in [1.54, 1.807) is 25.1 Å². The first kappa shape index (κ1) is 15.6. The second-order valence-corrected chi connectivity index (χ2v) is 5.37. The summed E-state index contributed by atoms with van der Waals surface area (Å²) in [4.78, 5) is 12.1. The van der Waals surface area contributed by atoms with Gasteiger partial charge in [-0.15, -0.1) is 0 Å². The van der Waals surface area contributed by atoms with Crippen LogP contribution in [-0.2, 0) is 6.18 Å². The molecule has 2 aromatic rings. The summed E-state index contributed by atoms with van der Waals surface area (Å²) in [5, 5.41) is 2.51. The summed E-state index contributed by atoms with van der Waals surface area (Å²) in [6.45, 7) is 1.76. The van der Waals surface area contributed by atoms with Gasteiger partial charge >= 0.3 is 6.18 Å². The molecule has 0 bridgehead atoms. The van der Waals surface area contributed by atoms with Crippen LogP contribution in [0.25, 0.3) is 0 Å². The van der Waals surface area contributed by atoms with Gasteiger partial charge in [0.05, 0.1) is 11.1 Å². The van der Waals surface area contributed by atoms with E-state index >= 15 is 0 Å². The van der Waals surface area contributed by atoms with Gasteiger partial charge in [-0.25, -0.2) is 0 Å². The van der Waals surface area contributed by atoms with Gasteiger partial charge < -0.3 is 5.32 Å². The standard InChI is InChI=1S/C15H11BrF3NO/c1-9-6-7-10(16)8-13(9)20-14(21)11-4-2-3-5-12(11)15(17,18)19/h2-8H,1H3,(H,20,21). The number of benzene rings is 2. The average Bonchev–Trinajstić information content (AvgIpc) is 2.42. The Morgan fingerprint density at radius 1 is 1.14 bits per heavy atom. The van der Waals surface area contributed by atoms with Crippen molar-refractivity contribution in [3.8, 4) is 0 Å². The van der Waals surface area contributed by atoms with E-state index in [0.29, 0.717) is 5.69 Å². The number of carbonyl (C=O) groups excluding carboxylic acids is 1. The molecule has 0 atom stereocenters. The number of aryl methyl sites for hydroxylation is 1. The Kier molecular flexibility index (Phi) is 4.37. The largest absolute Gasteiger partial charge is 0.417 e. The molecule has 0 aromatic heterocycles. The van der Waals surface area contributed by atoms with Crippen molar-refractivity contribution in [3.63, 3.8) is 0 Å². The number of halogens is 4. The van der Waals surface area contributed by atoms with Gasteiger partial charge in [-0.2, -0.15) is 13.2 Å². The van der Waals surface area contributed by atoms with Crippen LogP contribution in [0.5, 0.6) is 0 Å². The van der Waals surface area contributed by atoms with Crippen LogP contribution in [0.15, 0.2) is 46.9 Å². The lowest BCUT2D eigenvalue weighted by Crippen LogP contribution is -2.19. The lowest BCUT2D eigenvalue weighted by molar-refractivity contribution is -0.137. The van der Waals surface area contributed by atoms with Gasteiger partial charge in [0.25, 0.3) is 5.91 Å². The summed E-state index contributed by atoms with van der Waals surface area (Å²) in [5.41, 5.74) is -0.123. The van der Waals surface area contributed by atoms with Crippen LogP contribution < -0.4 is 5.32 Å². The predicted octanol–water partition coefficient (Wildman–Crippen LogP) is 5.03. The number of hydrogen-bond acceptors (Lipinski definition) is 1. The van der Waals surface area contributed by atoms with Crippen molar-refractivity contribution in [2.75, 3.05) is 5.32 Å². The fourth-order valence-corrected chi connectivity index (χ4v) is 2.21. The molecule has 0 aliphatic rings. The first-order chi connectivity index (χ1) is 9.79. The lowest BCUT2D eigenvalue weighted by Gasteiger charge is -2.13. The highest BCUT2D eigenvalue weighted by Gasteiger charge is 2.34. The third kappa shape index (κ3) is 3.64. The highest BCUT2D eigenvalue weighted by Crippen LogP contribution is 2.32. The summed E-state index contributed by atoms with van der Waals surface area (Å²) < 4.78 is 39.4. The SMILES string of the molecule is Cc1ccc(Br)cc1NC(=O)c1ccccc1C(F)(F)F. The number of alkyl halides is 3. The minimum Gasteiger partial charge on any atom is -0.322 e. The number of hydrogen-bond donors (Lipinski definition) is 1. The van der Waals surface area contributed by atoms with Gasteiger partial charge in [0.15, 0.2) is 0 Å². The van der Waals surface area contributed by atoms with Gasteiger partial charge in [0, 0.05) is 10.2 Å². The van der Waals surface area contributed by atoms with Crippen molar-refractivity contribution >= 4 is 27.5 Å². The van der Waals surface area contributed by atoms with Crippen molar-refractivity contribution in [3.05, 3.63) is 63.6 Å². The van der Waals surface area contributed by atoms with Gasteiger partial charge in [0.1, 0.15) is 0 Å². The Balaban J connectivity index is 2.36. The summed E-state index contributed by atoms with van der Waals surface area (Å²) in [6, 6.07) is 9.89. The van der Waals surface area contributed by atoms with Crippen molar-refractivity contribution < 1.29 is 18.0 Å². The van der Waals surface area contributed by atoms with E-state index < -0.39 is 23.2 Å². The summed E-state index contributed by atoms with van der Waals surface area (Å²) in [5.74, 6) is -0.788. The Morgan fingerprint density at radius 3 is 2.48 bits per heavy atom. The molecule has 0 aliphatic heterocycles. The van der Waals surface area contributed by atoms with Crippen LogP contribution in [0.3, 0.4) is 0 Å². The molecule has 1 amide bonds. The van der Waals surface area contributed by atoms with E-state index in [2.05, 4.69) is 21.2 Å². The van der Waals surface area contributed by atoms with Crippen LogP contribution in [0.1, 0.15) is 21.5 Å². The number of carbonyl (C=O) groups is 1. The van der Waals surface area contributed by atoms with E-state index in [9.17, 15) is 18.0 Å². The molecule has 0 saturated heterocycles. The van der Waals surface area contributed by atoms with Crippen LogP contribution >= 0.6 is 15.9 Å². The smallest absolute Gasteiger partial charge is 0.322 e. The zero-order valence-corrected chi connectivity index (χ0v) is 12.5. The minimum atomic E-state index is -4.57. The number of rotatable bonds is 2. The minimum absolute atomic E-state index is 0.399. The summed E-state index contributed by atoms with van der Waals surface area (Å²) in [7, 11) is 0. The number of amides is 1. The van der Waals surface area contributed by atoms with Crippen LogP contribution in [0.4, 0.5) is 18.9 Å². The topological polar surface area (TPSA) is 29.1 Å². The molecule has 0 saturated carbocycles. The van der Waals surface area contributed by atoms with Crippen molar-refractivity contribution in [1.82, 2.24) is 0 Å². The van der Waals surface area contributed by atoms with Crippen LogP contribution in [0.2, 0.25) is 0 Å². The van der Waals surface area contributed by atoms with Gasteiger partial charge in [-0.3, -0.25) is 4.79 Å². The summed E-state index contributed by atoms with van der Waals surface area (Å²) >= 11 is 3.26. The fourth-order valence-electron chi connectivity index (χ4n) is 1.85. The third-order valence-electron chi connectivity index (χ3n) is 2.92. The Bertz CT molecular complexity index is 683. The molecule has 2 aromatic carbocycles. The molecule has 2 nitrogen and oxygen atoms in total. The quantitative estimate of drug-likeness (QED) is 0.802. The molecule has 1 N–H and O–H groups in total. The van der Waals surface area contributed by atoms with Crippen molar-refractivity contribution in [2.45, 2.75) is 13.1 Å². The maximum absolute atomic E-state index is 12.9. The first-order valence-electron chi connectivity index (χ1n) is 6.03. The van der Waals surface area contributed by atoms with E-state index in [0.717, 1.165) is 22.2 Å². The molecule has 21 heavy (non-hydrogen) atoms. The van der Waals surface area contributed by atoms with Crippen LogP contribution in [-0.4, -0.2) is 5.91 Å². The Morgan fingerprint density at radius 2 is 1.81 bits per heavy atom. The molecule has 6 heteroatoms.